The van der Waals surface area contributed by atoms with Gasteiger partial charge in [-0.2, -0.15) is 5.26 Å². The van der Waals surface area contributed by atoms with Crippen molar-refractivity contribution in [3.63, 3.8) is 0 Å². The molecule has 5 aromatic rings. The lowest BCUT2D eigenvalue weighted by molar-refractivity contribution is 0.626. The van der Waals surface area contributed by atoms with Gasteiger partial charge in [-0.1, -0.05) is 106 Å². The van der Waals surface area contributed by atoms with E-state index in [9.17, 15) is 4.39 Å². The Hall–Kier alpha value is -5.20. The molecule has 0 N–H and O–H groups in total. The van der Waals surface area contributed by atoms with Crippen molar-refractivity contribution in [2.75, 3.05) is 0 Å². The number of nitriles is 1. The lowest BCUT2D eigenvalue weighted by Gasteiger charge is -2.03. The van der Waals surface area contributed by atoms with E-state index >= 15 is 0 Å². The molecule has 274 valence electrons. The van der Waals surface area contributed by atoms with Gasteiger partial charge < -0.3 is 4.85 Å². The molecule has 0 fully saturated rings. The van der Waals surface area contributed by atoms with E-state index in [2.05, 4.69) is 119 Å². The lowest BCUT2D eigenvalue weighted by Crippen LogP contribution is -1.88. The number of pyridine rings is 3. The van der Waals surface area contributed by atoms with E-state index < -0.39 is 0 Å². The zero-order valence-corrected chi connectivity index (χ0v) is 33.3. The van der Waals surface area contributed by atoms with Crippen LogP contribution >= 0.6 is 0 Å². The molecule has 3 aromatic heterocycles. The third kappa shape index (κ3) is 18.2. The Morgan fingerprint density at radius 2 is 0.865 bits per heavy atom. The normalized spacial score (nSPS) is 10.1. The number of rotatable bonds is 5. The number of hydrogen-bond donors (Lipinski definition) is 0. The van der Waals surface area contributed by atoms with E-state index in [1.54, 1.807) is 6.20 Å². The van der Waals surface area contributed by atoms with Crippen LogP contribution in [0.5, 0.6) is 0 Å². The predicted molar refractivity (Wildman–Crippen MR) is 216 cm³/mol. The first-order valence-corrected chi connectivity index (χ1v) is 18.0. The second kappa shape index (κ2) is 24.1. The number of nitrogens with zero attached hydrogens (tertiary/aromatic N) is 5. The summed E-state index contributed by atoms with van der Waals surface area (Å²) in [5.74, 6) is 3.05. The molecule has 0 aliphatic carbocycles. The molecule has 0 saturated carbocycles. The van der Waals surface area contributed by atoms with Crippen LogP contribution in [0.2, 0.25) is 0 Å². The monoisotopic (exact) mass is 699 g/mol. The maximum Gasteiger partial charge on any atom is 0.269 e. The third-order valence-electron chi connectivity index (χ3n) is 7.97. The van der Waals surface area contributed by atoms with Crippen molar-refractivity contribution in [1.29, 1.82) is 5.26 Å². The summed E-state index contributed by atoms with van der Waals surface area (Å²) in [5.41, 5.74) is 9.31. The van der Waals surface area contributed by atoms with E-state index in [-0.39, 0.29) is 5.82 Å². The van der Waals surface area contributed by atoms with E-state index in [1.807, 2.05) is 74.8 Å². The molecule has 0 amide bonds. The standard InChI is InChI=1S/C10H11N.C9H11F.C9H10N2.2C9H13N/c1-8(2)10-5-3-9(7-11)4-6-10;1-7(2)8-3-5-9(10)6-4-8;1-7(2)8-4-5-11-9(6-8)10-3;2*1-7(2)9-4-5-10-8(3)6-9/h3-6,8H,1-2H3;3-7H,1-2H3;4-7H,1-2H3;2*4-7H,1-3H3. The smallest absolute Gasteiger partial charge is 0.269 e. The van der Waals surface area contributed by atoms with Crippen LogP contribution in [0.3, 0.4) is 0 Å². The Morgan fingerprint density at radius 3 is 1.17 bits per heavy atom. The number of aromatic nitrogens is 3. The van der Waals surface area contributed by atoms with Gasteiger partial charge in [0.2, 0.25) is 0 Å². The van der Waals surface area contributed by atoms with Gasteiger partial charge in [-0.25, -0.2) is 4.39 Å². The molecule has 52 heavy (non-hydrogen) atoms. The zero-order chi connectivity index (χ0) is 39.2. The maximum absolute atomic E-state index is 12.4. The van der Waals surface area contributed by atoms with Gasteiger partial charge in [-0.15, -0.1) is 4.98 Å². The van der Waals surface area contributed by atoms with Crippen LogP contribution in [-0.4, -0.2) is 15.0 Å². The first-order chi connectivity index (χ1) is 24.6. The first-order valence-electron chi connectivity index (χ1n) is 18.0. The Morgan fingerprint density at radius 1 is 0.519 bits per heavy atom. The Bertz CT molecular complexity index is 1760. The van der Waals surface area contributed by atoms with Crippen LogP contribution in [0, 0.1) is 37.6 Å². The second-order valence-electron chi connectivity index (χ2n) is 14.1. The summed E-state index contributed by atoms with van der Waals surface area (Å²) in [6.45, 7) is 32.2. The molecule has 0 bridgehead atoms. The Kier molecular flexibility index (Phi) is 20.7. The first kappa shape index (κ1) is 44.8. The molecule has 0 radical (unpaired) electrons. The van der Waals surface area contributed by atoms with Gasteiger partial charge in [0.1, 0.15) is 12.0 Å². The fraction of sp³-hybridized carbons (Fsp3) is 0.370. The van der Waals surface area contributed by atoms with Gasteiger partial charge in [-0.05, 0) is 126 Å². The summed E-state index contributed by atoms with van der Waals surface area (Å²) in [6, 6.07) is 28.6. The average Bonchev–Trinajstić information content (AvgIpc) is 3.13. The van der Waals surface area contributed by atoms with Gasteiger partial charge in [0.25, 0.3) is 5.82 Å². The molecule has 0 saturated heterocycles. The van der Waals surface area contributed by atoms with Crippen molar-refractivity contribution in [2.45, 2.75) is 113 Å². The molecule has 0 aliphatic heterocycles. The molecule has 3 heterocycles. The highest BCUT2D eigenvalue weighted by Gasteiger charge is 2.01. The van der Waals surface area contributed by atoms with Crippen molar-refractivity contribution in [3.05, 3.63) is 166 Å². The zero-order valence-electron chi connectivity index (χ0n) is 33.3. The Balaban J connectivity index is 0.000000325. The van der Waals surface area contributed by atoms with Crippen molar-refractivity contribution >= 4 is 5.82 Å². The van der Waals surface area contributed by atoms with Crippen molar-refractivity contribution in [2.24, 2.45) is 0 Å². The summed E-state index contributed by atoms with van der Waals surface area (Å²) in [7, 11) is 0. The number of hydrogen-bond acceptors (Lipinski definition) is 4. The minimum absolute atomic E-state index is 0.163. The molecule has 0 spiro atoms. The summed E-state index contributed by atoms with van der Waals surface area (Å²) < 4.78 is 12.4. The molecular weight excluding hydrogens is 642 g/mol. The van der Waals surface area contributed by atoms with E-state index in [1.165, 1.54) is 39.9 Å². The van der Waals surface area contributed by atoms with Gasteiger partial charge in [-0.3, -0.25) is 9.97 Å². The molecule has 5 nitrogen and oxygen atoms in total. The Labute approximate surface area is 313 Å². The van der Waals surface area contributed by atoms with Crippen LogP contribution < -0.4 is 0 Å². The van der Waals surface area contributed by atoms with E-state index in [0.717, 1.165) is 17.0 Å². The number of halogens is 1. The van der Waals surface area contributed by atoms with Crippen LogP contribution in [0.1, 0.15) is 144 Å². The summed E-state index contributed by atoms with van der Waals surface area (Å²) in [5, 5.41) is 8.52. The molecule has 5 rings (SSSR count). The lowest BCUT2D eigenvalue weighted by atomic mass is 10.0. The average molecular weight is 700 g/mol. The third-order valence-corrected chi connectivity index (χ3v) is 7.97. The predicted octanol–water partition coefficient (Wildman–Crippen LogP) is 13.4. The summed E-state index contributed by atoms with van der Waals surface area (Å²) in [6.07, 6.45) is 5.41. The molecular formula is C46H58FN5. The van der Waals surface area contributed by atoms with Crippen LogP contribution in [0.15, 0.2) is 104 Å². The van der Waals surface area contributed by atoms with Gasteiger partial charge in [0.15, 0.2) is 0 Å². The molecule has 0 aliphatic rings. The minimum Gasteiger partial charge on any atom is -0.361 e. The van der Waals surface area contributed by atoms with E-state index in [0.29, 0.717) is 35.4 Å². The van der Waals surface area contributed by atoms with Crippen LogP contribution in [0.4, 0.5) is 10.2 Å². The van der Waals surface area contributed by atoms with Crippen molar-refractivity contribution in [1.82, 2.24) is 15.0 Å². The molecule has 0 atom stereocenters. The quantitative estimate of drug-likeness (QED) is 0.171. The van der Waals surface area contributed by atoms with Crippen LogP contribution in [-0.2, 0) is 0 Å². The number of benzene rings is 2. The van der Waals surface area contributed by atoms with Crippen LogP contribution in [0.25, 0.3) is 4.85 Å². The van der Waals surface area contributed by atoms with E-state index in [4.69, 9.17) is 11.8 Å². The van der Waals surface area contributed by atoms with Gasteiger partial charge in [0.05, 0.1) is 11.6 Å². The van der Waals surface area contributed by atoms with Crippen molar-refractivity contribution < 1.29 is 4.39 Å². The summed E-state index contributed by atoms with van der Waals surface area (Å²) in [4.78, 5) is 15.4. The second-order valence-corrected chi connectivity index (χ2v) is 14.1. The largest absolute Gasteiger partial charge is 0.361 e. The topological polar surface area (TPSA) is 66.8 Å². The highest BCUT2D eigenvalue weighted by Crippen LogP contribution is 2.18. The van der Waals surface area contributed by atoms with Crippen molar-refractivity contribution in [3.8, 4) is 6.07 Å². The fourth-order valence-corrected chi connectivity index (χ4v) is 4.50. The van der Waals surface area contributed by atoms with Gasteiger partial charge in [0, 0.05) is 23.8 Å². The maximum atomic E-state index is 12.4. The minimum atomic E-state index is -0.163. The fourth-order valence-electron chi connectivity index (χ4n) is 4.50. The highest BCUT2D eigenvalue weighted by atomic mass is 19.1. The van der Waals surface area contributed by atoms with Gasteiger partial charge >= 0.3 is 0 Å². The summed E-state index contributed by atoms with van der Waals surface area (Å²) >= 11 is 0. The molecule has 0 unspecified atom stereocenters. The number of aryl methyl sites for hydroxylation is 2. The molecule has 6 heteroatoms. The highest BCUT2D eigenvalue weighted by molar-refractivity contribution is 5.39. The molecule has 2 aromatic carbocycles. The SMILES string of the molecule is CC(C)c1ccc(C#N)cc1.CC(C)c1ccc(F)cc1.Cc1cc(C(C)C)ccn1.Cc1cc(C(C)C)ccn1.[C-]#[N+]c1cc(C(C)C)ccn1.